The highest BCUT2D eigenvalue weighted by atomic mass is 14.7. The second kappa shape index (κ2) is 5.88. The quantitative estimate of drug-likeness (QED) is 0.434. The number of allylic oxidation sites excluding steroid dienone is 4. The van der Waals surface area contributed by atoms with E-state index in [1.54, 1.807) is 0 Å². The first-order valence-corrected chi connectivity index (χ1v) is 9.50. The van der Waals surface area contributed by atoms with Crippen LogP contribution in [0, 0.1) is 0 Å². The van der Waals surface area contributed by atoms with Crippen LogP contribution in [-0.4, -0.2) is 4.98 Å². The Labute approximate surface area is 155 Å². The average Bonchev–Trinajstić information content (AvgIpc) is 3.39. The molecule has 0 amide bonds. The van der Waals surface area contributed by atoms with Crippen LogP contribution in [0.4, 0.5) is 0 Å². The third-order valence-corrected chi connectivity index (χ3v) is 5.75. The van der Waals surface area contributed by atoms with Crippen molar-refractivity contribution in [1.82, 2.24) is 4.98 Å². The van der Waals surface area contributed by atoms with Crippen LogP contribution in [0.15, 0.2) is 73.0 Å². The Morgan fingerprint density at radius 1 is 0.962 bits per heavy atom. The van der Waals surface area contributed by atoms with Crippen molar-refractivity contribution < 1.29 is 0 Å². The summed E-state index contributed by atoms with van der Waals surface area (Å²) in [6.07, 6.45) is 12.1. The second-order valence-electron chi connectivity index (χ2n) is 7.65. The van der Waals surface area contributed by atoms with E-state index in [0.29, 0.717) is 11.8 Å². The van der Waals surface area contributed by atoms with Gasteiger partial charge >= 0.3 is 0 Å². The first kappa shape index (κ1) is 15.5. The molecule has 1 N–H and O–H groups in total. The van der Waals surface area contributed by atoms with Crippen molar-refractivity contribution in [2.45, 2.75) is 32.1 Å². The Bertz CT molecular complexity index is 1020. The molecule has 0 atom stereocenters. The number of benzene rings is 2. The minimum absolute atomic E-state index is 0.361. The maximum Gasteiger partial charge on any atom is 0.0460 e. The normalized spacial score (nSPS) is 15.0. The lowest BCUT2D eigenvalue weighted by Gasteiger charge is -2.24. The van der Waals surface area contributed by atoms with Crippen molar-refractivity contribution in [1.29, 1.82) is 0 Å². The SMILES string of the molecule is CC(C)c1cc2c(c(-c3ccc[nH]3)c1C1C=CC=C1)Cc1ccccc1-2. The lowest BCUT2D eigenvalue weighted by molar-refractivity contribution is 0.840. The summed E-state index contributed by atoms with van der Waals surface area (Å²) in [6, 6.07) is 15.7. The van der Waals surface area contributed by atoms with Crippen LogP contribution >= 0.6 is 0 Å². The molecule has 0 fully saturated rings. The maximum atomic E-state index is 3.49. The number of H-pyrrole nitrogens is 1. The topological polar surface area (TPSA) is 15.8 Å². The predicted octanol–water partition coefficient (Wildman–Crippen LogP) is 6.59. The zero-order chi connectivity index (χ0) is 17.7. The van der Waals surface area contributed by atoms with Gasteiger partial charge in [-0.2, -0.15) is 0 Å². The lowest BCUT2D eigenvalue weighted by Crippen LogP contribution is -2.06. The molecule has 2 aromatic carbocycles. The Morgan fingerprint density at radius 2 is 1.77 bits per heavy atom. The molecular formula is C25H23N. The van der Waals surface area contributed by atoms with E-state index in [0.717, 1.165) is 6.42 Å². The minimum Gasteiger partial charge on any atom is -0.361 e. The van der Waals surface area contributed by atoms with E-state index in [9.17, 15) is 0 Å². The number of aromatic nitrogens is 1. The molecule has 0 unspecified atom stereocenters. The molecule has 3 aromatic rings. The molecule has 1 aromatic heterocycles. The van der Waals surface area contributed by atoms with Gasteiger partial charge in [0.1, 0.15) is 0 Å². The van der Waals surface area contributed by atoms with Crippen molar-refractivity contribution in [3.8, 4) is 22.4 Å². The van der Waals surface area contributed by atoms with Gasteiger partial charge in [0, 0.05) is 23.4 Å². The van der Waals surface area contributed by atoms with Crippen molar-refractivity contribution in [2.24, 2.45) is 0 Å². The fourth-order valence-electron chi connectivity index (χ4n) is 4.57. The van der Waals surface area contributed by atoms with Crippen LogP contribution in [0.3, 0.4) is 0 Å². The molecule has 0 saturated carbocycles. The summed E-state index contributed by atoms with van der Waals surface area (Å²) >= 11 is 0. The van der Waals surface area contributed by atoms with Gasteiger partial charge in [-0.3, -0.25) is 0 Å². The maximum absolute atomic E-state index is 3.49. The van der Waals surface area contributed by atoms with Gasteiger partial charge < -0.3 is 4.98 Å². The first-order chi connectivity index (χ1) is 12.7. The monoisotopic (exact) mass is 337 g/mol. The fraction of sp³-hybridized carbons (Fsp3) is 0.200. The number of nitrogens with one attached hydrogen (secondary N) is 1. The Hall–Kier alpha value is -2.80. The molecule has 1 heteroatoms. The van der Waals surface area contributed by atoms with E-state index in [1.807, 2.05) is 6.20 Å². The summed E-state index contributed by atoms with van der Waals surface area (Å²) in [5.74, 6) is 0.846. The Morgan fingerprint density at radius 3 is 2.50 bits per heavy atom. The summed E-state index contributed by atoms with van der Waals surface area (Å²) < 4.78 is 0. The summed E-state index contributed by atoms with van der Waals surface area (Å²) in [5, 5.41) is 0. The van der Waals surface area contributed by atoms with Crippen LogP contribution < -0.4 is 0 Å². The van der Waals surface area contributed by atoms with Crippen LogP contribution in [0.25, 0.3) is 22.4 Å². The molecule has 1 nitrogen and oxygen atoms in total. The molecule has 0 saturated heterocycles. The largest absolute Gasteiger partial charge is 0.361 e. The third-order valence-electron chi connectivity index (χ3n) is 5.75. The second-order valence-corrected chi connectivity index (χ2v) is 7.65. The van der Waals surface area contributed by atoms with Gasteiger partial charge in [-0.1, -0.05) is 68.5 Å². The van der Waals surface area contributed by atoms with Crippen LogP contribution in [-0.2, 0) is 6.42 Å². The third kappa shape index (κ3) is 2.24. The molecule has 2 aliphatic carbocycles. The summed E-state index contributed by atoms with van der Waals surface area (Å²) in [7, 11) is 0. The molecule has 128 valence electrons. The van der Waals surface area contributed by atoms with Gasteiger partial charge in [-0.05, 0) is 57.9 Å². The molecule has 26 heavy (non-hydrogen) atoms. The Kier molecular flexibility index (Phi) is 3.49. The zero-order valence-electron chi connectivity index (χ0n) is 15.3. The highest BCUT2D eigenvalue weighted by molar-refractivity contribution is 5.87. The number of hydrogen-bond acceptors (Lipinski definition) is 0. The zero-order valence-corrected chi connectivity index (χ0v) is 15.3. The number of rotatable bonds is 3. The van der Waals surface area contributed by atoms with Gasteiger partial charge in [0.25, 0.3) is 0 Å². The Balaban J connectivity index is 1.87. The average molecular weight is 337 g/mol. The standard InChI is InChI=1S/C25H23N/c1-16(2)20-15-21-19-11-6-5-10-18(19)14-22(21)25(23-12-7-13-26-23)24(20)17-8-3-4-9-17/h3-13,15-17,26H,14H2,1-2H3. The van der Waals surface area contributed by atoms with E-state index in [4.69, 9.17) is 0 Å². The molecule has 0 bridgehead atoms. The summed E-state index contributed by atoms with van der Waals surface area (Å²) in [6.45, 7) is 4.62. The predicted molar refractivity (Wildman–Crippen MR) is 110 cm³/mol. The number of hydrogen-bond donors (Lipinski definition) is 1. The highest BCUT2D eigenvalue weighted by Crippen LogP contribution is 2.48. The molecule has 5 rings (SSSR count). The van der Waals surface area contributed by atoms with E-state index < -0.39 is 0 Å². The van der Waals surface area contributed by atoms with E-state index >= 15 is 0 Å². The van der Waals surface area contributed by atoms with Crippen molar-refractivity contribution in [3.05, 3.63) is 95.2 Å². The molecule has 0 spiro atoms. The van der Waals surface area contributed by atoms with E-state index in [1.165, 1.54) is 44.6 Å². The van der Waals surface area contributed by atoms with Gasteiger partial charge in [0.2, 0.25) is 0 Å². The lowest BCUT2D eigenvalue weighted by atomic mass is 9.80. The molecule has 2 aliphatic rings. The minimum atomic E-state index is 0.361. The van der Waals surface area contributed by atoms with Crippen molar-refractivity contribution in [2.75, 3.05) is 0 Å². The molecular weight excluding hydrogens is 314 g/mol. The van der Waals surface area contributed by atoms with Crippen LogP contribution in [0.2, 0.25) is 0 Å². The smallest absolute Gasteiger partial charge is 0.0460 e. The molecule has 0 aliphatic heterocycles. The van der Waals surface area contributed by atoms with Gasteiger partial charge in [-0.15, -0.1) is 0 Å². The van der Waals surface area contributed by atoms with Gasteiger partial charge in [0.15, 0.2) is 0 Å². The summed E-state index contributed by atoms with van der Waals surface area (Å²) in [5.41, 5.74) is 11.3. The van der Waals surface area contributed by atoms with Gasteiger partial charge in [0.05, 0.1) is 0 Å². The number of fused-ring (bicyclic) bond motifs is 3. The first-order valence-electron chi connectivity index (χ1n) is 9.50. The van der Waals surface area contributed by atoms with Crippen molar-refractivity contribution in [3.63, 3.8) is 0 Å². The number of aromatic amines is 1. The molecule has 1 heterocycles. The van der Waals surface area contributed by atoms with Gasteiger partial charge in [-0.25, -0.2) is 0 Å². The molecule has 0 radical (unpaired) electrons. The fourth-order valence-corrected chi connectivity index (χ4v) is 4.57. The van der Waals surface area contributed by atoms with Crippen molar-refractivity contribution >= 4 is 0 Å². The van der Waals surface area contributed by atoms with Crippen LogP contribution in [0.1, 0.15) is 47.9 Å². The van der Waals surface area contributed by atoms with E-state index in [-0.39, 0.29) is 0 Å². The van der Waals surface area contributed by atoms with E-state index in [2.05, 4.69) is 85.6 Å². The summed E-state index contributed by atoms with van der Waals surface area (Å²) in [4.78, 5) is 3.49. The highest BCUT2D eigenvalue weighted by Gasteiger charge is 2.29. The van der Waals surface area contributed by atoms with Crippen LogP contribution in [0.5, 0.6) is 0 Å².